The number of fused-ring (bicyclic) bond motifs is 1. The average Bonchev–Trinajstić information content (AvgIpc) is 3.18. The minimum Gasteiger partial charge on any atom is -0.348 e. The van der Waals surface area contributed by atoms with Crippen LogP contribution < -0.4 is 5.32 Å². The number of rotatable bonds is 3. The molecule has 1 amide bonds. The third-order valence-electron chi connectivity index (χ3n) is 5.46. The normalized spacial score (nSPS) is 18.1. The number of likely N-dealkylation sites (N-methyl/N-ethyl adjacent to an activating group) is 1. The molecule has 3 heterocycles. The Bertz CT molecular complexity index is 962. The monoisotopic (exact) mass is 366 g/mol. The first kappa shape index (κ1) is 17.7. The molecule has 1 unspecified atom stereocenters. The predicted molar refractivity (Wildman–Crippen MR) is 106 cm³/mol. The van der Waals surface area contributed by atoms with Crippen LogP contribution in [0.25, 0.3) is 22.6 Å². The van der Waals surface area contributed by atoms with Crippen molar-refractivity contribution in [3.05, 3.63) is 34.5 Å². The quantitative estimate of drug-likeness (QED) is 0.665. The van der Waals surface area contributed by atoms with E-state index >= 15 is 0 Å². The molecular formula is C20H26N6O. The molecular weight excluding hydrogens is 340 g/mol. The lowest BCUT2D eigenvalue weighted by molar-refractivity contribution is 0.0912. The zero-order valence-electron chi connectivity index (χ0n) is 16.3. The maximum absolute atomic E-state index is 13.0. The zero-order valence-corrected chi connectivity index (χ0v) is 16.3. The van der Waals surface area contributed by atoms with Gasteiger partial charge in [-0.15, -0.1) is 0 Å². The minimum absolute atomic E-state index is 0.0932. The third-order valence-corrected chi connectivity index (χ3v) is 5.46. The highest BCUT2D eigenvalue weighted by Gasteiger charge is 2.25. The standard InChI is InChI=1S/C20H26N6O/c1-11-8-15-16(9-12(11)2)23-19(22-15)18-17(13(3)24-25-18)20(27)21-14-6-5-7-26(4)10-14/h8-9,14H,5-7,10H2,1-4H3,(H,21,27)(H,22,23)(H,24,25). The number of carbonyl (C=O) groups is 1. The highest BCUT2D eigenvalue weighted by molar-refractivity contribution is 6.01. The summed E-state index contributed by atoms with van der Waals surface area (Å²) in [7, 11) is 2.09. The summed E-state index contributed by atoms with van der Waals surface area (Å²) in [5, 5.41) is 10.5. The molecule has 27 heavy (non-hydrogen) atoms. The number of hydrogen-bond acceptors (Lipinski definition) is 4. The maximum Gasteiger partial charge on any atom is 0.255 e. The Morgan fingerprint density at radius 3 is 2.81 bits per heavy atom. The van der Waals surface area contributed by atoms with Crippen molar-refractivity contribution in [2.45, 2.75) is 39.7 Å². The summed E-state index contributed by atoms with van der Waals surface area (Å²) in [6.45, 7) is 7.98. The molecule has 3 N–H and O–H groups in total. The molecule has 1 aliphatic heterocycles. The number of hydrogen-bond donors (Lipinski definition) is 3. The predicted octanol–water partition coefficient (Wildman–Crippen LogP) is 2.70. The molecule has 0 aliphatic carbocycles. The van der Waals surface area contributed by atoms with Gasteiger partial charge >= 0.3 is 0 Å². The molecule has 4 rings (SSSR count). The van der Waals surface area contributed by atoms with Crippen molar-refractivity contribution in [1.29, 1.82) is 0 Å². The number of aromatic nitrogens is 4. The summed E-state index contributed by atoms with van der Waals surface area (Å²) in [6, 6.07) is 4.31. The molecule has 3 aromatic rings. The van der Waals surface area contributed by atoms with Crippen LogP contribution in [0.3, 0.4) is 0 Å². The Balaban J connectivity index is 1.66. The molecule has 1 fully saturated rings. The van der Waals surface area contributed by atoms with E-state index in [1.165, 1.54) is 11.1 Å². The van der Waals surface area contributed by atoms with Gasteiger partial charge in [0.15, 0.2) is 5.82 Å². The maximum atomic E-state index is 13.0. The Hall–Kier alpha value is -2.67. The van der Waals surface area contributed by atoms with Gasteiger partial charge in [-0.05, 0) is 70.5 Å². The highest BCUT2D eigenvalue weighted by atomic mass is 16.1. The average molecular weight is 366 g/mol. The van der Waals surface area contributed by atoms with Crippen molar-refractivity contribution in [3.63, 3.8) is 0 Å². The van der Waals surface area contributed by atoms with Crippen molar-refractivity contribution >= 4 is 16.9 Å². The number of imidazole rings is 1. The molecule has 7 heteroatoms. The second kappa shape index (κ2) is 6.81. The number of nitrogens with zero attached hydrogens (tertiary/aromatic N) is 3. The fourth-order valence-corrected chi connectivity index (χ4v) is 3.80. The molecule has 1 aliphatic rings. The Morgan fingerprint density at radius 2 is 2.04 bits per heavy atom. The van der Waals surface area contributed by atoms with E-state index in [4.69, 9.17) is 0 Å². The van der Waals surface area contributed by atoms with Gasteiger partial charge < -0.3 is 15.2 Å². The van der Waals surface area contributed by atoms with E-state index < -0.39 is 0 Å². The number of H-pyrrole nitrogens is 2. The Labute approximate surface area is 158 Å². The number of amides is 1. The lowest BCUT2D eigenvalue weighted by Gasteiger charge is -2.30. The Morgan fingerprint density at radius 1 is 1.26 bits per heavy atom. The topological polar surface area (TPSA) is 89.7 Å². The highest BCUT2D eigenvalue weighted by Crippen LogP contribution is 2.26. The van der Waals surface area contributed by atoms with Crippen LogP contribution in [0.1, 0.15) is 40.0 Å². The van der Waals surface area contributed by atoms with E-state index in [2.05, 4.69) is 63.4 Å². The molecule has 1 atom stereocenters. The molecule has 1 saturated heterocycles. The van der Waals surface area contributed by atoms with E-state index in [0.717, 1.165) is 42.7 Å². The third kappa shape index (κ3) is 3.35. The summed E-state index contributed by atoms with van der Waals surface area (Å²) >= 11 is 0. The number of nitrogens with one attached hydrogen (secondary N) is 3. The van der Waals surface area contributed by atoms with Gasteiger partial charge in [0.25, 0.3) is 5.91 Å². The first-order chi connectivity index (χ1) is 12.9. The number of aromatic amines is 2. The van der Waals surface area contributed by atoms with Gasteiger partial charge in [-0.2, -0.15) is 5.10 Å². The van der Waals surface area contributed by atoms with Crippen LogP contribution in [-0.2, 0) is 0 Å². The van der Waals surface area contributed by atoms with Gasteiger partial charge in [0, 0.05) is 18.3 Å². The van der Waals surface area contributed by atoms with Crippen LogP contribution >= 0.6 is 0 Å². The molecule has 1 aromatic carbocycles. The van der Waals surface area contributed by atoms with Gasteiger partial charge in [0.1, 0.15) is 5.69 Å². The van der Waals surface area contributed by atoms with Gasteiger partial charge in [0.2, 0.25) is 0 Å². The number of aryl methyl sites for hydroxylation is 3. The van der Waals surface area contributed by atoms with Gasteiger partial charge in [-0.1, -0.05) is 0 Å². The first-order valence-corrected chi connectivity index (χ1v) is 9.44. The summed E-state index contributed by atoms with van der Waals surface area (Å²) in [5.74, 6) is 0.523. The SMILES string of the molecule is Cc1cc2nc(-c3n[nH]c(C)c3C(=O)NC3CCCN(C)C3)[nH]c2cc1C. The number of piperidine rings is 1. The van der Waals surface area contributed by atoms with Gasteiger partial charge in [-0.25, -0.2) is 4.98 Å². The van der Waals surface area contributed by atoms with Crippen molar-refractivity contribution in [1.82, 2.24) is 30.4 Å². The van der Waals surface area contributed by atoms with E-state index in [1.54, 1.807) is 0 Å². The van der Waals surface area contributed by atoms with Crippen LogP contribution in [0.5, 0.6) is 0 Å². The van der Waals surface area contributed by atoms with Crippen molar-refractivity contribution < 1.29 is 4.79 Å². The number of likely N-dealkylation sites (tertiary alicyclic amines) is 1. The fourth-order valence-electron chi connectivity index (χ4n) is 3.80. The van der Waals surface area contributed by atoms with Gasteiger partial charge in [0.05, 0.1) is 16.6 Å². The van der Waals surface area contributed by atoms with E-state index in [0.29, 0.717) is 17.1 Å². The number of carbonyl (C=O) groups excluding carboxylic acids is 1. The second-order valence-electron chi connectivity index (χ2n) is 7.69. The number of benzene rings is 1. The molecule has 7 nitrogen and oxygen atoms in total. The largest absolute Gasteiger partial charge is 0.348 e. The summed E-state index contributed by atoms with van der Waals surface area (Å²) in [4.78, 5) is 23.2. The molecule has 142 valence electrons. The molecule has 0 spiro atoms. The first-order valence-electron chi connectivity index (χ1n) is 9.44. The van der Waals surface area contributed by atoms with Crippen LogP contribution in [0.15, 0.2) is 12.1 Å². The van der Waals surface area contributed by atoms with Crippen molar-refractivity contribution in [3.8, 4) is 11.5 Å². The second-order valence-corrected chi connectivity index (χ2v) is 7.69. The molecule has 0 bridgehead atoms. The van der Waals surface area contributed by atoms with Crippen LogP contribution in [0.2, 0.25) is 0 Å². The molecule has 0 saturated carbocycles. The molecule has 2 aromatic heterocycles. The minimum atomic E-state index is -0.0932. The lowest BCUT2D eigenvalue weighted by atomic mass is 10.1. The van der Waals surface area contributed by atoms with Crippen LogP contribution in [0, 0.1) is 20.8 Å². The Kier molecular flexibility index (Phi) is 4.47. The van der Waals surface area contributed by atoms with Gasteiger partial charge in [-0.3, -0.25) is 9.89 Å². The summed E-state index contributed by atoms with van der Waals surface area (Å²) in [6.07, 6.45) is 2.10. The van der Waals surface area contributed by atoms with E-state index in [-0.39, 0.29) is 11.9 Å². The van der Waals surface area contributed by atoms with Crippen LogP contribution in [0.4, 0.5) is 0 Å². The summed E-state index contributed by atoms with van der Waals surface area (Å²) < 4.78 is 0. The summed E-state index contributed by atoms with van der Waals surface area (Å²) in [5.41, 5.74) is 6.12. The van der Waals surface area contributed by atoms with Crippen LogP contribution in [-0.4, -0.2) is 57.2 Å². The zero-order chi connectivity index (χ0) is 19.1. The lowest BCUT2D eigenvalue weighted by Crippen LogP contribution is -2.46. The smallest absolute Gasteiger partial charge is 0.255 e. The fraction of sp³-hybridized carbons (Fsp3) is 0.450. The van der Waals surface area contributed by atoms with E-state index in [9.17, 15) is 4.79 Å². The van der Waals surface area contributed by atoms with Crippen molar-refractivity contribution in [2.24, 2.45) is 0 Å². The van der Waals surface area contributed by atoms with E-state index in [1.807, 2.05) is 6.92 Å². The van der Waals surface area contributed by atoms with Crippen molar-refractivity contribution in [2.75, 3.05) is 20.1 Å². The molecule has 0 radical (unpaired) electrons.